The Labute approximate surface area is 82.2 Å². The largest absolute Gasteiger partial charge is 0.132 e. The second-order valence-corrected chi connectivity index (χ2v) is 10.8. The first-order chi connectivity index (χ1) is 5.56. The third kappa shape index (κ3) is 10.6. The van der Waals surface area contributed by atoms with Crippen molar-refractivity contribution in [3.63, 3.8) is 0 Å². The first kappa shape index (κ1) is 12.6. The van der Waals surface area contributed by atoms with Crippen molar-refractivity contribution in [1.29, 1.82) is 0 Å². The van der Waals surface area contributed by atoms with Crippen LogP contribution in [0.15, 0.2) is 0 Å². The third-order valence-electron chi connectivity index (χ3n) is 1.34. The molecule has 0 aromatic carbocycles. The topological polar surface area (TPSA) is 0 Å². The molecule has 0 amide bonds. The van der Waals surface area contributed by atoms with Crippen molar-refractivity contribution in [2.45, 2.75) is 38.9 Å². The molecule has 0 aliphatic carbocycles. The molecule has 12 heavy (non-hydrogen) atoms. The molecule has 2 atom stereocenters. The lowest BCUT2D eigenvalue weighted by Crippen LogP contribution is -2.16. The van der Waals surface area contributed by atoms with Crippen LogP contribution in [0.25, 0.3) is 0 Å². The number of unbranched alkanes of at least 4 members (excludes halogenated alkanes) is 2. The molecule has 70 valence electrons. The maximum absolute atomic E-state index is 3.38. The Morgan fingerprint density at radius 1 is 1.25 bits per heavy atom. The van der Waals surface area contributed by atoms with Gasteiger partial charge in [0, 0.05) is 6.42 Å². The van der Waals surface area contributed by atoms with Gasteiger partial charge in [0.2, 0.25) is 0 Å². The lowest BCUT2D eigenvalue weighted by Gasteiger charge is -2.03. The van der Waals surface area contributed by atoms with Crippen molar-refractivity contribution >= 4 is 25.3 Å². The molecule has 0 saturated heterocycles. The minimum Gasteiger partial charge on any atom is -0.132 e. The quantitative estimate of drug-likeness (QED) is 0.293. The van der Waals surface area contributed by atoms with E-state index in [1.54, 1.807) is 0 Å². The first-order valence-corrected chi connectivity index (χ1v) is 11.0. The van der Waals surface area contributed by atoms with Gasteiger partial charge in [0.05, 0.1) is 0 Å². The maximum atomic E-state index is 3.38. The minimum absolute atomic E-state index is 1.04. The molecule has 0 rings (SSSR count). The van der Waals surface area contributed by atoms with Crippen LogP contribution < -0.4 is 0 Å². The van der Waals surface area contributed by atoms with E-state index in [2.05, 4.69) is 40.0 Å². The smallest absolute Gasteiger partial charge is 0.129 e. The SMILES string of the molecule is C[Si](C)(C)C#CCCCCPP. The predicted octanol–water partition coefficient (Wildman–Crippen LogP) is 3.51. The highest BCUT2D eigenvalue weighted by molar-refractivity contribution is 8.02. The van der Waals surface area contributed by atoms with Crippen molar-refractivity contribution in [2.24, 2.45) is 0 Å². The van der Waals surface area contributed by atoms with Gasteiger partial charge >= 0.3 is 0 Å². The van der Waals surface area contributed by atoms with Gasteiger partial charge in [-0.3, -0.25) is 0 Å². The van der Waals surface area contributed by atoms with Crippen LogP contribution in [0.3, 0.4) is 0 Å². The molecule has 0 bridgehead atoms. The molecule has 0 aliphatic rings. The van der Waals surface area contributed by atoms with E-state index in [-0.39, 0.29) is 0 Å². The minimum atomic E-state index is -1.09. The summed E-state index contributed by atoms with van der Waals surface area (Å²) in [4.78, 5) is 0. The van der Waals surface area contributed by atoms with Crippen LogP contribution in [0.1, 0.15) is 19.3 Å². The number of rotatable bonds is 4. The molecule has 0 nitrogen and oxygen atoms in total. The maximum Gasteiger partial charge on any atom is 0.129 e. The highest BCUT2D eigenvalue weighted by Crippen LogP contribution is 2.21. The van der Waals surface area contributed by atoms with Crippen LogP contribution in [0.5, 0.6) is 0 Å². The van der Waals surface area contributed by atoms with Crippen LogP contribution in [-0.4, -0.2) is 14.2 Å². The van der Waals surface area contributed by atoms with E-state index in [1.165, 1.54) is 19.0 Å². The third-order valence-corrected chi connectivity index (χ3v) is 3.77. The Kier molecular flexibility index (Phi) is 7.46. The molecular weight excluding hydrogens is 198 g/mol. The Hall–Kier alpha value is 0.637. The van der Waals surface area contributed by atoms with Gasteiger partial charge in [-0.15, -0.1) is 28.7 Å². The molecule has 0 heterocycles. The van der Waals surface area contributed by atoms with E-state index < -0.39 is 8.07 Å². The lowest BCUT2D eigenvalue weighted by atomic mass is 10.3. The molecule has 0 aliphatic heterocycles. The van der Waals surface area contributed by atoms with E-state index in [9.17, 15) is 0 Å². The van der Waals surface area contributed by atoms with Crippen LogP contribution in [-0.2, 0) is 0 Å². The predicted molar refractivity (Wildman–Crippen MR) is 67.9 cm³/mol. The molecule has 2 unspecified atom stereocenters. The molecule has 0 radical (unpaired) electrons. The van der Waals surface area contributed by atoms with E-state index in [0.29, 0.717) is 0 Å². The standard InChI is InChI=1S/C9H20P2Si/c1-12(2,3)9-7-5-4-6-8-11-10/h11H,4-6,8,10H2,1-3H3. The summed E-state index contributed by atoms with van der Waals surface area (Å²) >= 11 is 0. The molecule has 3 heteroatoms. The average molecular weight is 218 g/mol. The second kappa shape index (κ2) is 7.08. The summed E-state index contributed by atoms with van der Waals surface area (Å²) < 4.78 is 0. The van der Waals surface area contributed by atoms with Gasteiger partial charge in [0.25, 0.3) is 0 Å². The molecular formula is C9H20P2Si. The summed E-state index contributed by atoms with van der Waals surface area (Å²) in [5, 5.41) is 0. The van der Waals surface area contributed by atoms with Gasteiger partial charge in [0.15, 0.2) is 0 Å². The molecule has 0 aromatic rings. The monoisotopic (exact) mass is 218 g/mol. The van der Waals surface area contributed by atoms with Crippen molar-refractivity contribution in [1.82, 2.24) is 0 Å². The van der Waals surface area contributed by atoms with Crippen LogP contribution >= 0.6 is 17.2 Å². The Morgan fingerprint density at radius 3 is 2.42 bits per heavy atom. The summed E-state index contributed by atoms with van der Waals surface area (Å²) in [6.07, 6.45) is 5.11. The fourth-order valence-corrected chi connectivity index (χ4v) is 2.49. The van der Waals surface area contributed by atoms with Gasteiger partial charge in [-0.2, -0.15) is 0 Å². The molecule has 0 saturated carbocycles. The van der Waals surface area contributed by atoms with E-state index in [4.69, 9.17) is 0 Å². The highest BCUT2D eigenvalue weighted by atomic mass is 32.0. The molecule has 0 N–H and O–H groups in total. The first-order valence-electron chi connectivity index (χ1n) is 4.50. The summed E-state index contributed by atoms with van der Waals surface area (Å²) in [5.74, 6) is 3.29. The Bertz CT molecular complexity index is 162. The highest BCUT2D eigenvalue weighted by Gasteiger charge is 2.06. The van der Waals surface area contributed by atoms with Gasteiger partial charge in [-0.25, -0.2) is 0 Å². The zero-order chi connectivity index (χ0) is 9.45. The fourth-order valence-electron chi connectivity index (χ4n) is 0.768. The molecule has 0 fully saturated rings. The van der Waals surface area contributed by atoms with Crippen molar-refractivity contribution < 1.29 is 0 Å². The van der Waals surface area contributed by atoms with Crippen molar-refractivity contribution in [2.75, 3.05) is 6.16 Å². The van der Waals surface area contributed by atoms with Gasteiger partial charge < -0.3 is 0 Å². The van der Waals surface area contributed by atoms with E-state index >= 15 is 0 Å². The average Bonchev–Trinajstić information content (AvgIpc) is 1.94. The summed E-state index contributed by atoms with van der Waals surface area (Å²) in [6.45, 7) is 6.89. The zero-order valence-electron chi connectivity index (χ0n) is 8.41. The summed E-state index contributed by atoms with van der Waals surface area (Å²) in [5.41, 5.74) is 3.38. The summed E-state index contributed by atoms with van der Waals surface area (Å²) in [6, 6.07) is 0. The number of hydrogen-bond donors (Lipinski definition) is 0. The Balaban J connectivity index is 3.34. The van der Waals surface area contributed by atoms with E-state index in [0.717, 1.165) is 14.7 Å². The molecule has 0 spiro atoms. The normalized spacial score (nSPS) is 11.7. The number of hydrogen-bond acceptors (Lipinski definition) is 0. The van der Waals surface area contributed by atoms with Crippen LogP contribution in [0.4, 0.5) is 0 Å². The van der Waals surface area contributed by atoms with Gasteiger partial charge in [0.1, 0.15) is 8.07 Å². The van der Waals surface area contributed by atoms with Gasteiger partial charge in [-0.05, 0) is 19.0 Å². The zero-order valence-corrected chi connectivity index (χ0v) is 11.6. The summed E-state index contributed by atoms with van der Waals surface area (Å²) in [7, 11) is 2.74. The van der Waals surface area contributed by atoms with Crippen LogP contribution in [0, 0.1) is 11.5 Å². The van der Waals surface area contributed by atoms with Gasteiger partial charge in [-0.1, -0.05) is 19.6 Å². The second-order valence-electron chi connectivity index (χ2n) is 3.96. The Morgan fingerprint density at radius 2 is 1.92 bits per heavy atom. The van der Waals surface area contributed by atoms with Crippen molar-refractivity contribution in [3.8, 4) is 11.5 Å². The van der Waals surface area contributed by atoms with Crippen molar-refractivity contribution in [3.05, 3.63) is 0 Å². The molecule has 0 aromatic heterocycles. The lowest BCUT2D eigenvalue weighted by molar-refractivity contribution is 0.837. The van der Waals surface area contributed by atoms with Crippen LogP contribution in [0.2, 0.25) is 19.6 Å². The fraction of sp³-hybridized carbons (Fsp3) is 0.778. The van der Waals surface area contributed by atoms with E-state index in [1.807, 2.05) is 0 Å².